The molecule has 0 heterocycles. The Morgan fingerprint density at radius 3 is 2.26 bits per heavy atom. The average molecular weight is 370 g/mol. The summed E-state index contributed by atoms with van der Waals surface area (Å²) in [6.07, 6.45) is 6.51. The molecule has 0 unspecified atom stereocenters. The summed E-state index contributed by atoms with van der Waals surface area (Å²) in [5.41, 5.74) is 1.19. The van der Waals surface area contributed by atoms with E-state index >= 15 is 0 Å². The topological polar surface area (TPSA) is 55.4 Å². The predicted octanol–water partition coefficient (Wildman–Crippen LogP) is 3.84. The van der Waals surface area contributed by atoms with E-state index in [-0.39, 0.29) is 28.6 Å². The van der Waals surface area contributed by atoms with Crippen LogP contribution in [0.2, 0.25) is 0 Å². The van der Waals surface area contributed by atoms with E-state index in [0.717, 1.165) is 19.3 Å². The van der Waals surface area contributed by atoms with Gasteiger partial charge in [0.25, 0.3) is 0 Å². The third-order valence-electron chi connectivity index (χ3n) is 7.34. The second-order valence-corrected chi connectivity index (χ2v) is 9.61. The number of methoxy groups -OCH3 is 1. The van der Waals surface area contributed by atoms with Gasteiger partial charge in [0.05, 0.1) is 12.5 Å². The maximum absolute atomic E-state index is 13.5. The molecule has 0 aliphatic heterocycles. The summed E-state index contributed by atoms with van der Waals surface area (Å²) >= 11 is 0. The molecular formula is C23H31NO3. The molecule has 1 N–H and O–H groups in total. The molecule has 1 amide bonds. The van der Waals surface area contributed by atoms with Crippen molar-refractivity contribution in [3.8, 4) is 0 Å². The lowest BCUT2D eigenvalue weighted by atomic mass is 9.42. The molecule has 146 valence electrons. The second kappa shape index (κ2) is 6.65. The van der Waals surface area contributed by atoms with E-state index in [1.807, 2.05) is 13.8 Å². The van der Waals surface area contributed by atoms with E-state index in [9.17, 15) is 9.59 Å². The predicted molar refractivity (Wildman–Crippen MR) is 104 cm³/mol. The molecule has 1 aromatic carbocycles. The summed E-state index contributed by atoms with van der Waals surface area (Å²) in [5.74, 6) is 0.973. The number of carbonyl (C=O) groups is 2. The van der Waals surface area contributed by atoms with E-state index in [4.69, 9.17) is 4.74 Å². The smallest absolute Gasteiger partial charge is 0.328 e. The Hall–Kier alpha value is -1.84. The van der Waals surface area contributed by atoms with E-state index in [1.165, 1.54) is 31.9 Å². The number of benzene rings is 1. The summed E-state index contributed by atoms with van der Waals surface area (Å²) in [6.45, 7) is 3.90. The lowest BCUT2D eigenvalue weighted by Gasteiger charge is -2.61. The number of hydrogen-bond donors (Lipinski definition) is 1. The van der Waals surface area contributed by atoms with Crippen LogP contribution < -0.4 is 5.32 Å². The molecule has 5 rings (SSSR count). The molecular weight excluding hydrogens is 338 g/mol. The van der Waals surface area contributed by atoms with Crippen LogP contribution in [0.5, 0.6) is 0 Å². The zero-order chi connectivity index (χ0) is 19.2. The van der Waals surface area contributed by atoms with Gasteiger partial charge in [0, 0.05) is 0 Å². The molecule has 4 bridgehead atoms. The van der Waals surface area contributed by atoms with Crippen LogP contribution >= 0.6 is 0 Å². The Kier molecular flexibility index (Phi) is 4.56. The maximum atomic E-state index is 13.5. The van der Waals surface area contributed by atoms with E-state index in [2.05, 4.69) is 35.6 Å². The Bertz CT molecular complexity index is 712. The molecule has 0 radical (unpaired) electrons. The molecule has 0 aromatic heterocycles. The van der Waals surface area contributed by atoms with Crippen molar-refractivity contribution in [1.29, 1.82) is 0 Å². The number of nitrogens with one attached hydrogen (secondary N) is 1. The molecule has 3 atom stereocenters. The molecule has 4 nitrogen and oxygen atoms in total. The molecule has 4 heteroatoms. The summed E-state index contributed by atoms with van der Waals surface area (Å²) in [6, 6.07) is 10.2. The van der Waals surface area contributed by atoms with Gasteiger partial charge in [-0.3, -0.25) is 4.79 Å². The van der Waals surface area contributed by atoms with Crippen LogP contribution in [0.1, 0.15) is 57.9 Å². The van der Waals surface area contributed by atoms with Gasteiger partial charge >= 0.3 is 5.97 Å². The van der Waals surface area contributed by atoms with Crippen LogP contribution in [-0.2, 0) is 19.7 Å². The van der Waals surface area contributed by atoms with E-state index in [0.29, 0.717) is 11.8 Å². The average Bonchev–Trinajstić information content (AvgIpc) is 2.64. The normalized spacial score (nSPS) is 35.1. The first kappa shape index (κ1) is 18.5. The van der Waals surface area contributed by atoms with Crippen molar-refractivity contribution >= 4 is 11.9 Å². The SMILES string of the molecule is COC(=O)[C@@H](NC(=O)C12C[C@@H]3C[C@@H](C1)CC(c1ccccc1)(C3)C2)C(C)C. The first-order valence-electron chi connectivity index (χ1n) is 10.3. The van der Waals surface area contributed by atoms with Gasteiger partial charge in [-0.15, -0.1) is 0 Å². The molecule has 1 aromatic rings. The molecule has 0 saturated heterocycles. The number of amides is 1. The Morgan fingerprint density at radius 2 is 1.70 bits per heavy atom. The Morgan fingerprint density at radius 1 is 1.07 bits per heavy atom. The van der Waals surface area contributed by atoms with Crippen molar-refractivity contribution in [2.24, 2.45) is 23.2 Å². The molecule has 4 saturated carbocycles. The fraction of sp³-hybridized carbons (Fsp3) is 0.652. The van der Waals surface area contributed by atoms with Crippen molar-refractivity contribution < 1.29 is 14.3 Å². The molecule has 27 heavy (non-hydrogen) atoms. The van der Waals surface area contributed by atoms with Gasteiger partial charge in [-0.25, -0.2) is 4.79 Å². The van der Waals surface area contributed by atoms with Crippen LogP contribution in [-0.4, -0.2) is 25.0 Å². The minimum absolute atomic E-state index is 0.0124. The van der Waals surface area contributed by atoms with Gasteiger partial charge < -0.3 is 10.1 Å². The minimum atomic E-state index is -0.567. The number of ether oxygens (including phenoxy) is 1. The van der Waals surface area contributed by atoms with E-state index < -0.39 is 6.04 Å². The number of rotatable bonds is 5. The minimum Gasteiger partial charge on any atom is -0.467 e. The number of esters is 1. The fourth-order valence-corrected chi connectivity index (χ4v) is 6.58. The largest absolute Gasteiger partial charge is 0.467 e. The lowest BCUT2D eigenvalue weighted by Crippen LogP contribution is -2.61. The Labute approximate surface area is 162 Å². The van der Waals surface area contributed by atoms with E-state index in [1.54, 1.807) is 0 Å². The number of hydrogen-bond acceptors (Lipinski definition) is 3. The zero-order valence-electron chi connectivity index (χ0n) is 16.7. The van der Waals surface area contributed by atoms with Crippen LogP contribution in [0.15, 0.2) is 30.3 Å². The standard InChI is InChI=1S/C23H31NO3/c1-15(2)19(20(25)27-3)24-21(26)23-12-16-9-17(13-23)11-22(10-16,14-23)18-7-5-4-6-8-18/h4-8,15-17,19H,9-14H2,1-3H3,(H,24,26)/t16-,17-,19+,22?,23?/m1/s1. The van der Waals surface area contributed by atoms with Crippen molar-refractivity contribution in [1.82, 2.24) is 5.32 Å². The molecule has 4 fully saturated rings. The quantitative estimate of drug-likeness (QED) is 0.803. The second-order valence-electron chi connectivity index (χ2n) is 9.61. The monoisotopic (exact) mass is 369 g/mol. The highest BCUT2D eigenvalue weighted by atomic mass is 16.5. The highest BCUT2D eigenvalue weighted by Gasteiger charge is 2.61. The van der Waals surface area contributed by atoms with Crippen LogP contribution in [0, 0.1) is 23.2 Å². The van der Waals surface area contributed by atoms with Crippen molar-refractivity contribution in [2.75, 3.05) is 7.11 Å². The van der Waals surface area contributed by atoms with Gasteiger partial charge in [0.1, 0.15) is 6.04 Å². The first-order valence-corrected chi connectivity index (χ1v) is 10.3. The van der Waals surface area contributed by atoms with Crippen LogP contribution in [0.3, 0.4) is 0 Å². The van der Waals surface area contributed by atoms with Crippen molar-refractivity contribution in [3.05, 3.63) is 35.9 Å². The fourth-order valence-electron chi connectivity index (χ4n) is 6.58. The lowest BCUT2D eigenvalue weighted by molar-refractivity contribution is -0.155. The third kappa shape index (κ3) is 3.07. The molecule has 4 aliphatic carbocycles. The summed E-state index contributed by atoms with van der Waals surface area (Å²) in [7, 11) is 1.39. The van der Waals surface area contributed by atoms with Crippen LogP contribution in [0.25, 0.3) is 0 Å². The van der Waals surface area contributed by atoms with Gasteiger partial charge in [-0.05, 0) is 67.3 Å². The van der Waals surface area contributed by atoms with Gasteiger partial charge in [-0.2, -0.15) is 0 Å². The van der Waals surface area contributed by atoms with Crippen LogP contribution in [0.4, 0.5) is 0 Å². The Balaban J connectivity index is 1.63. The van der Waals surface area contributed by atoms with Gasteiger partial charge in [-0.1, -0.05) is 44.2 Å². The summed E-state index contributed by atoms with van der Waals surface area (Å²) in [5, 5.41) is 3.08. The van der Waals surface area contributed by atoms with Crippen molar-refractivity contribution in [3.63, 3.8) is 0 Å². The third-order valence-corrected chi connectivity index (χ3v) is 7.34. The van der Waals surface area contributed by atoms with Gasteiger partial charge in [0.15, 0.2) is 0 Å². The molecule has 0 spiro atoms. The summed E-state index contributed by atoms with van der Waals surface area (Å²) in [4.78, 5) is 25.6. The maximum Gasteiger partial charge on any atom is 0.328 e. The van der Waals surface area contributed by atoms with Gasteiger partial charge in [0.2, 0.25) is 5.91 Å². The summed E-state index contributed by atoms with van der Waals surface area (Å²) < 4.78 is 4.93. The molecule has 4 aliphatic rings. The number of carbonyl (C=O) groups excluding carboxylic acids is 2. The highest BCUT2D eigenvalue weighted by Crippen LogP contribution is 2.65. The van der Waals surface area contributed by atoms with Crippen molar-refractivity contribution in [2.45, 2.75) is 63.8 Å². The highest BCUT2D eigenvalue weighted by molar-refractivity contribution is 5.88. The first-order chi connectivity index (χ1) is 12.9. The zero-order valence-corrected chi connectivity index (χ0v) is 16.7.